The first-order valence-electron chi connectivity index (χ1n) is 5.12. The predicted molar refractivity (Wildman–Crippen MR) is 51.2 cm³/mol. The van der Waals surface area contributed by atoms with Gasteiger partial charge in [-0.05, 0) is 39.8 Å². The van der Waals surface area contributed by atoms with Gasteiger partial charge in [0.25, 0.3) is 0 Å². The van der Waals surface area contributed by atoms with E-state index in [1.807, 2.05) is 4.90 Å². The summed E-state index contributed by atoms with van der Waals surface area (Å²) in [6.45, 7) is 7.47. The molecule has 2 aliphatic rings. The maximum atomic E-state index is 11.3. The van der Waals surface area contributed by atoms with E-state index in [2.05, 4.69) is 18.7 Å². The molecule has 0 saturated carbocycles. The molecule has 3 heteroatoms. The fourth-order valence-corrected chi connectivity index (χ4v) is 2.20. The Bertz CT molecular complexity index is 219. The van der Waals surface area contributed by atoms with Crippen LogP contribution in [-0.2, 0) is 4.79 Å². The standard InChI is InChI=1S/C10H18N2O/c1-10(2)7-9(13)12(10)8-11-5-3-4-6-11/h3-8H2,1-2H3. The lowest BCUT2D eigenvalue weighted by Crippen LogP contribution is -2.62. The average Bonchev–Trinajstić information content (AvgIpc) is 2.51. The Morgan fingerprint density at radius 3 is 2.38 bits per heavy atom. The molecule has 74 valence electrons. The van der Waals surface area contributed by atoms with Crippen molar-refractivity contribution in [2.45, 2.75) is 38.6 Å². The zero-order valence-corrected chi connectivity index (χ0v) is 8.55. The van der Waals surface area contributed by atoms with Crippen LogP contribution in [0.15, 0.2) is 0 Å². The molecule has 3 nitrogen and oxygen atoms in total. The highest BCUT2D eigenvalue weighted by atomic mass is 16.2. The van der Waals surface area contributed by atoms with Gasteiger partial charge in [0.05, 0.1) is 6.67 Å². The molecule has 0 spiro atoms. The summed E-state index contributed by atoms with van der Waals surface area (Å²) in [4.78, 5) is 15.7. The number of rotatable bonds is 2. The third-order valence-electron chi connectivity index (χ3n) is 3.16. The number of β-lactam (4-membered cyclic amide) rings is 1. The normalized spacial score (nSPS) is 27.8. The Morgan fingerprint density at radius 1 is 1.31 bits per heavy atom. The third kappa shape index (κ3) is 1.57. The quantitative estimate of drug-likeness (QED) is 0.596. The highest BCUT2D eigenvalue weighted by molar-refractivity contribution is 5.84. The van der Waals surface area contributed by atoms with Crippen LogP contribution < -0.4 is 0 Å². The van der Waals surface area contributed by atoms with E-state index >= 15 is 0 Å². The average molecular weight is 182 g/mol. The minimum atomic E-state index is 0.111. The highest BCUT2D eigenvalue weighted by Gasteiger charge is 2.43. The molecule has 0 atom stereocenters. The SMILES string of the molecule is CC1(C)CC(=O)N1CN1CCCC1. The van der Waals surface area contributed by atoms with E-state index < -0.39 is 0 Å². The van der Waals surface area contributed by atoms with Gasteiger partial charge >= 0.3 is 0 Å². The Balaban J connectivity index is 1.89. The first-order valence-corrected chi connectivity index (χ1v) is 5.12. The summed E-state index contributed by atoms with van der Waals surface area (Å²) in [6, 6.07) is 0. The lowest BCUT2D eigenvalue weighted by Gasteiger charge is -2.49. The minimum absolute atomic E-state index is 0.111. The Labute approximate surface area is 79.7 Å². The van der Waals surface area contributed by atoms with Crippen LogP contribution in [0.4, 0.5) is 0 Å². The highest BCUT2D eigenvalue weighted by Crippen LogP contribution is 2.31. The summed E-state index contributed by atoms with van der Waals surface area (Å²) in [7, 11) is 0. The monoisotopic (exact) mass is 182 g/mol. The van der Waals surface area contributed by atoms with E-state index in [-0.39, 0.29) is 5.54 Å². The van der Waals surface area contributed by atoms with Gasteiger partial charge in [0, 0.05) is 12.0 Å². The van der Waals surface area contributed by atoms with Crippen molar-refractivity contribution < 1.29 is 4.79 Å². The zero-order chi connectivity index (χ0) is 9.47. The topological polar surface area (TPSA) is 23.6 Å². The van der Waals surface area contributed by atoms with Gasteiger partial charge < -0.3 is 4.90 Å². The molecular weight excluding hydrogens is 164 g/mol. The van der Waals surface area contributed by atoms with Crippen molar-refractivity contribution in [3.8, 4) is 0 Å². The van der Waals surface area contributed by atoms with Crippen LogP contribution in [0.1, 0.15) is 33.1 Å². The first kappa shape index (κ1) is 9.00. The van der Waals surface area contributed by atoms with Crippen molar-refractivity contribution in [1.82, 2.24) is 9.80 Å². The fourth-order valence-electron chi connectivity index (χ4n) is 2.20. The van der Waals surface area contributed by atoms with Crippen LogP contribution in [0.25, 0.3) is 0 Å². The van der Waals surface area contributed by atoms with Gasteiger partial charge in [0.1, 0.15) is 0 Å². The maximum Gasteiger partial charge on any atom is 0.226 e. The smallest absolute Gasteiger partial charge is 0.226 e. The van der Waals surface area contributed by atoms with Crippen molar-refractivity contribution in [1.29, 1.82) is 0 Å². The zero-order valence-electron chi connectivity index (χ0n) is 8.55. The van der Waals surface area contributed by atoms with Gasteiger partial charge in [-0.15, -0.1) is 0 Å². The van der Waals surface area contributed by atoms with Gasteiger partial charge in [0.15, 0.2) is 0 Å². The molecule has 0 unspecified atom stereocenters. The summed E-state index contributed by atoms with van der Waals surface area (Å²) < 4.78 is 0. The number of likely N-dealkylation sites (tertiary alicyclic amines) is 2. The molecule has 0 aromatic carbocycles. The lowest BCUT2D eigenvalue weighted by atomic mass is 9.89. The van der Waals surface area contributed by atoms with Crippen LogP contribution in [0.2, 0.25) is 0 Å². The third-order valence-corrected chi connectivity index (χ3v) is 3.16. The summed E-state index contributed by atoms with van der Waals surface area (Å²) in [6.07, 6.45) is 3.31. The Kier molecular flexibility index (Phi) is 2.06. The second-order valence-corrected chi connectivity index (χ2v) is 4.78. The molecule has 0 aromatic heterocycles. The molecule has 2 aliphatic heterocycles. The molecule has 13 heavy (non-hydrogen) atoms. The van der Waals surface area contributed by atoms with Crippen molar-refractivity contribution >= 4 is 5.91 Å². The van der Waals surface area contributed by atoms with Crippen LogP contribution in [-0.4, -0.2) is 41.0 Å². The molecule has 0 radical (unpaired) electrons. The number of nitrogens with zero attached hydrogens (tertiary/aromatic N) is 2. The van der Waals surface area contributed by atoms with Gasteiger partial charge in [0.2, 0.25) is 5.91 Å². The predicted octanol–water partition coefficient (Wildman–Crippen LogP) is 1.05. The lowest BCUT2D eigenvalue weighted by molar-refractivity contribution is -0.157. The molecule has 1 amide bonds. The molecule has 0 aromatic rings. The minimum Gasteiger partial charge on any atom is -0.324 e. The largest absolute Gasteiger partial charge is 0.324 e. The molecule has 0 bridgehead atoms. The van der Waals surface area contributed by atoms with Gasteiger partial charge in [-0.1, -0.05) is 0 Å². The molecule has 2 fully saturated rings. The molecule has 2 saturated heterocycles. The molecule has 0 aliphatic carbocycles. The summed E-state index contributed by atoms with van der Waals surface area (Å²) in [5, 5.41) is 0. The van der Waals surface area contributed by atoms with E-state index in [1.165, 1.54) is 25.9 Å². The van der Waals surface area contributed by atoms with E-state index in [4.69, 9.17) is 0 Å². The van der Waals surface area contributed by atoms with Crippen LogP contribution in [0.5, 0.6) is 0 Å². The number of carbonyl (C=O) groups excluding carboxylic acids is 1. The van der Waals surface area contributed by atoms with Crippen LogP contribution in [0.3, 0.4) is 0 Å². The second kappa shape index (κ2) is 2.98. The molecule has 0 N–H and O–H groups in total. The number of hydrogen-bond donors (Lipinski definition) is 0. The summed E-state index contributed by atoms with van der Waals surface area (Å²) in [5.74, 6) is 0.317. The van der Waals surface area contributed by atoms with Gasteiger partial charge in [-0.2, -0.15) is 0 Å². The summed E-state index contributed by atoms with van der Waals surface area (Å²) in [5.41, 5.74) is 0.111. The van der Waals surface area contributed by atoms with E-state index in [9.17, 15) is 4.79 Å². The van der Waals surface area contributed by atoms with Gasteiger partial charge in [-0.3, -0.25) is 9.69 Å². The van der Waals surface area contributed by atoms with Crippen LogP contribution >= 0.6 is 0 Å². The van der Waals surface area contributed by atoms with Crippen LogP contribution in [0, 0.1) is 0 Å². The van der Waals surface area contributed by atoms with Gasteiger partial charge in [-0.25, -0.2) is 0 Å². The first-order chi connectivity index (χ1) is 6.09. The maximum absolute atomic E-state index is 11.3. The van der Waals surface area contributed by atoms with Crippen molar-refractivity contribution in [2.24, 2.45) is 0 Å². The van der Waals surface area contributed by atoms with E-state index in [0.29, 0.717) is 5.91 Å². The molecule has 2 heterocycles. The Morgan fingerprint density at radius 2 is 1.92 bits per heavy atom. The second-order valence-electron chi connectivity index (χ2n) is 4.78. The number of carbonyl (C=O) groups is 1. The Hall–Kier alpha value is -0.570. The molecular formula is C10H18N2O. The van der Waals surface area contributed by atoms with Crippen molar-refractivity contribution in [2.75, 3.05) is 19.8 Å². The summed E-state index contributed by atoms with van der Waals surface area (Å²) >= 11 is 0. The van der Waals surface area contributed by atoms with E-state index in [1.54, 1.807) is 0 Å². The van der Waals surface area contributed by atoms with Crippen molar-refractivity contribution in [3.63, 3.8) is 0 Å². The molecule has 2 rings (SSSR count). The number of amides is 1. The van der Waals surface area contributed by atoms with E-state index in [0.717, 1.165) is 13.1 Å². The number of hydrogen-bond acceptors (Lipinski definition) is 2. The van der Waals surface area contributed by atoms with Crippen molar-refractivity contribution in [3.05, 3.63) is 0 Å². The fraction of sp³-hybridized carbons (Fsp3) is 0.900.